The lowest BCUT2D eigenvalue weighted by molar-refractivity contribution is -0.174. The highest BCUT2D eigenvalue weighted by Gasteiger charge is 2.51. The van der Waals surface area contributed by atoms with Crippen molar-refractivity contribution in [3.8, 4) is 0 Å². The van der Waals surface area contributed by atoms with Crippen LogP contribution < -0.4 is 5.32 Å². The second kappa shape index (κ2) is 3.72. The maximum Gasteiger partial charge on any atom is 0.471 e. The van der Waals surface area contributed by atoms with Crippen molar-refractivity contribution >= 4 is 5.91 Å². The third-order valence-corrected chi connectivity index (χ3v) is 2.75. The summed E-state index contributed by atoms with van der Waals surface area (Å²) in [6.45, 7) is 0. The molecule has 1 aliphatic rings. The lowest BCUT2D eigenvalue weighted by atomic mass is 10.0. The molecule has 17 heavy (non-hydrogen) atoms. The van der Waals surface area contributed by atoms with E-state index in [4.69, 9.17) is 0 Å². The fourth-order valence-electron chi connectivity index (χ4n) is 1.72. The summed E-state index contributed by atoms with van der Waals surface area (Å²) in [6.07, 6.45) is -4.31. The van der Waals surface area contributed by atoms with E-state index in [0.29, 0.717) is 12.8 Å². The summed E-state index contributed by atoms with van der Waals surface area (Å²) >= 11 is 0. The van der Waals surface area contributed by atoms with Gasteiger partial charge in [0.05, 0.1) is 5.54 Å². The molecule has 0 aliphatic heterocycles. The van der Waals surface area contributed by atoms with E-state index in [0.717, 1.165) is 6.07 Å². The zero-order chi connectivity index (χ0) is 12.7. The van der Waals surface area contributed by atoms with Crippen LogP contribution in [-0.2, 0) is 10.3 Å². The van der Waals surface area contributed by atoms with Crippen LogP contribution in [0.3, 0.4) is 0 Å². The van der Waals surface area contributed by atoms with Crippen LogP contribution in [0, 0.1) is 5.82 Å². The van der Waals surface area contributed by atoms with Crippen molar-refractivity contribution in [3.05, 3.63) is 35.6 Å². The van der Waals surface area contributed by atoms with Gasteiger partial charge in [0.2, 0.25) is 0 Å². The van der Waals surface area contributed by atoms with Crippen molar-refractivity contribution in [1.82, 2.24) is 5.32 Å². The van der Waals surface area contributed by atoms with E-state index < -0.39 is 23.4 Å². The Kier molecular flexibility index (Phi) is 2.60. The Morgan fingerprint density at radius 1 is 1.24 bits per heavy atom. The van der Waals surface area contributed by atoms with Gasteiger partial charge in [-0.05, 0) is 18.9 Å². The smallest absolute Gasteiger partial charge is 0.339 e. The van der Waals surface area contributed by atoms with Gasteiger partial charge in [-0.3, -0.25) is 4.79 Å². The van der Waals surface area contributed by atoms with E-state index in [9.17, 15) is 22.4 Å². The van der Waals surface area contributed by atoms with Crippen molar-refractivity contribution in [2.45, 2.75) is 24.6 Å². The highest BCUT2D eigenvalue weighted by molar-refractivity contribution is 5.83. The number of carbonyl (C=O) groups is 1. The summed E-state index contributed by atoms with van der Waals surface area (Å²) in [5, 5.41) is 1.86. The minimum Gasteiger partial charge on any atom is -0.339 e. The van der Waals surface area contributed by atoms with Gasteiger partial charge in [-0.2, -0.15) is 13.2 Å². The van der Waals surface area contributed by atoms with Gasteiger partial charge in [0.25, 0.3) is 0 Å². The number of benzene rings is 1. The fourth-order valence-corrected chi connectivity index (χ4v) is 1.72. The quantitative estimate of drug-likeness (QED) is 0.799. The van der Waals surface area contributed by atoms with Crippen LogP contribution in [-0.4, -0.2) is 12.1 Å². The lowest BCUT2D eigenvalue weighted by Gasteiger charge is -2.19. The van der Waals surface area contributed by atoms with Gasteiger partial charge in [-0.25, -0.2) is 4.39 Å². The Labute approximate surface area is 94.6 Å². The number of halogens is 4. The molecular weight excluding hydrogens is 238 g/mol. The highest BCUT2D eigenvalue weighted by Crippen LogP contribution is 2.46. The molecular formula is C11H9F4NO. The Morgan fingerprint density at radius 3 is 2.29 bits per heavy atom. The summed E-state index contributed by atoms with van der Waals surface area (Å²) in [5.41, 5.74) is -1.07. The minimum absolute atomic E-state index is 0.109. The number of rotatable bonds is 2. The highest BCUT2D eigenvalue weighted by atomic mass is 19.4. The predicted octanol–water partition coefficient (Wildman–Crippen LogP) is 2.49. The average molecular weight is 247 g/mol. The maximum atomic E-state index is 13.4. The molecule has 0 aromatic heterocycles. The molecule has 1 saturated carbocycles. The van der Waals surface area contributed by atoms with Gasteiger partial charge in [0.1, 0.15) is 5.82 Å². The molecule has 1 aromatic carbocycles. The largest absolute Gasteiger partial charge is 0.471 e. The zero-order valence-electron chi connectivity index (χ0n) is 8.64. The second-order valence-corrected chi connectivity index (χ2v) is 4.01. The van der Waals surface area contributed by atoms with Gasteiger partial charge in [0.15, 0.2) is 0 Å². The molecule has 92 valence electrons. The van der Waals surface area contributed by atoms with Crippen LogP contribution >= 0.6 is 0 Å². The van der Waals surface area contributed by atoms with Crippen LogP contribution in [0.5, 0.6) is 0 Å². The van der Waals surface area contributed by atoms with Crippen molar-refractivity contribution < 1.29 is 22.4 Å². The van der Waals surface area contributed by atoms with Crippen LogP contribution in [0.25, 0.3) is 0 Å². The van der Waals surface area contributed by atoms with E-state index in [2.05, 4.69) is 0 Å². The van der Waals surface area contributed by atoms with Crippen molar-refractivity contribution in [3.63, 3.8) is 0 Å². The number of hydrogen-bond acceptors (Lipinski definition) is 1. The number of alkyl halides is 3. The first-order chi connectivity index (χ1) is 7.85. The zero-order valence-corrected chi connectivity index (χ0v) is 8.64. The normalized spacial score (nSPS) is 17.6. The first-order valence-corrected chi connectivity index (χ1v) is 4.99. The van der Waals surface area contributed by atoms with E-state index in [-0.39, 0.29) is 5.56 Å². The summed E-state index contributed by atoms with van der Waals surface area (Å²) in [6, 6.07) is 5.52. The number of nitrogens with one attached hydrogen (secondary N) is 1. The topological polar surface area (TPSA) is 29.1 Å². The molecule has 2 nitrogen and oxygen atoms in total. The molecule has 0 atom stereocenters. The summed E-state index contributed by atoms with van der Waals surface area (Å²) in [7, 11) is 0. The Morgan fingerprint density at radius 2 is 1.82 bits per heavy atom. The second-order valence-electron chi connectivity index (χ2n) is 4.01. The van der Waals surface area contributed by atoms with E-state index in [1.54, 1.807) is 0 Å². The van der Waals surface area contributed by atoms with E-state index in [1.165, 1.54) is 18.2 Å². The Balaban J connectivity index is 2.22. The molecule has 0 spiro atoms. The summed E-state index contributed by atoms with van der Waals surface area (Å²) in [4.78, 5) is 10.8. The van der Waals surface area contributed by atoms with Gasteiger partial charge in [0, 0.05) is 5.56 Å². The van der Waals surface area contributed by atoms with Crippen molar-refractivity contribution in [2.75, 3.05) is 0 Å². The molecule has 1 aliphatic carbocycles. The molecule has 0 unspecified atom stereocenters. The standard InChI is InChI=1S/C11H9F4NO/c12-8-4-2-1-3-7(8)10(5-6-10)16-9(17)11(13,14)15/h1-4H,5-6H2,(H,16,17). The van der Waals surface area contributed by atoms with Crippen LogP contribution in [0.4, 0.5) is 17.6 Å². The molecule has 2 rings (SSSR count). The fraction of sp³-hybridized carbons (Fsp3) is 0.364. The summed E-state index contributed by atoms with van der Waals surface area (Å²) < 4.78 is 49.8. The molecule has 1 N–H and O–H groups in total. The monoisotopic (exact) mass is 247 g/mol. The van der Waals surface area contributed by atoms with Crippen molar-refractivity contribution in [2.24, 2.45) is 0 Å². The first-order valence-electron chi connectivity index (χ1n) is 4.99. The number of carbonyl (C=O) groups excluding carboxylic acids is 1. The van der Waals surface area contributed by atoms with Crippen LogP contribution in [0.15, 0.2) is 24.3 Å². The van der Waals surface area contributed by atoms with Gasteiger partial charge in [-0.1, -0.05) is 18.2 Å². The molecule has 0 radical (unpaired) electrons. The van der Waals surface area contributed by atoms with Gasteiger partial charge in [-0.15, -0.1) is 0 Å². The Hall–Kier alpha value is -1.59. The van der Waals surface area contributed by atoms with Crippen LogP contribution in [0.2, 0.25) is 0 Å². The Bertz CT molecular complexity index is 451. The maximum absolute atomic E-state index is 13.4. The van der Waals surface area contributed by atoms with Crippen LogP contribution in [0.1, 0.15) is 18.4 Å². The third-order valence-electron chi connectivity index (χ3n) is 2.75. The first kappa shape index (κ1) is 11.9. The average Bonchev–Trinajstić information content (AvgIpc) is 2.98. The minimum atomic E-state index is -4.94. The van der Waals surface area contributed by atoms with Crippen molar-refractivity contribution in [1.29, 1.82) is 0 Å². The third kappa shape index (κ3) is 2.25. The van der Waals surface area contributed by atoms with E-state index >= 15 is 0 Å². The molecule has 1 aromatic rings. The lowest BCUT2D eigenvalue weighted by Crippen LogP contribution is -2.43. The molecule has 1 amide bonds. The number of amides is 1. The molecule has 0 heterocycles. The predicted molar refractivity (Wildman–Crippen MR) is 51.5 cm³/mol. The summed E-state index contributed by atoms with van der Waals surface area (Å²) in [5.74, 6) is -2.63. The molecule has 0 bridgehead atoms. The molecule has 0 saturated heterocycles. The molecule has 1 fully saturated rings. The van der Waals surface area contributed by atoms with Gasteiger partial charge < -0.3 is 5.32 Å². The number of hydrogen-bond donors (Lipinski definition) is 1. The van der Waals surface area contributed by atoms with E-state index in [1.807, 2.05) is 5.32 Å². The molecule has 6 heteroatoms. The van der Waals surface area contributed by atoms with Gasteiger partial charge >= 0.3 is 12.1 Å². The SMILES string of the molecule is O=C(NC1(c2ccccc2F)CC1)C(F)(F)F.